The van der Waals surface area contributed by atoms with Crippen molar-refractivity contribution in [2.75, 3.05) is 25.0 Å². The number of carboxylic acids is 1. The van der Waals surface area contributed by atoms with E-state index in [0.29, 0.717) is 24.9 Å². The highest BCUT2D eigenvalue weighted by atomic mass is 32.2. The highest BCUT2D eigenvalue weighted by Crippen LogP contribution is 2.27. The number of amides is 1. The Balaban J connectivity index is 1.83. The summed E-state index contributed by atoms with van der Waals surface area (Å²) in [6.07, 6.45) is 1.00. The largest absolute Gasteiger partial charge is 0.478 e. The predicted molar refractivity (Wildman–Crippen MR) is 114 cm³/mol. The first-order valence-corrected chi connectivity index (χ1v) is 11.3. The fourth-order valence-electron chi connectivity index (χ4n) is 3.97. The van der Waals surface area contributed by atoms with Crippen LogP contribution in [0.3, 0.4) is 0 Å². The molecule has 2 unspecified atom stereocenters. The minimum Gasteiger partial charge on any atom is -0.478 e. The van der Waals surface area contributed by atoms with Gasteiger partial charge in [0, 0.05) is 25.7 Å². The molecule has 1 saturated heterocycles. The molecular weight excluding hydrogens is 404 g/mol. The number of rotatable bonds is 5. The molecule has 1 aliphatic heterocycles. The van der Waals surface area contributed by atoms with E-state index in [1.165, 1.54) is 46.6 Å². The van der Waals surface area contributed by atoms with Gasteiger partial charge >= 0.3 is 5.97 Å². The third kappa shape index (κ3) is 4.39. The number of carbonyl (C=O) groups excluding carboxylic acids is 1. The molecule has 8 heteroatoms. The molecule has 2 atom stereocenters. The van der Waals surface area contributed by atoms with Crippen molar-refractivity contribution < 1.29 is 23.1 Å². The molecule has 160 valence electrons. The Morgan fingerprint density at radius 1 is 1.00 bits per heavy atom. The van der Waals surface area contributed by atoms with Gasteiger partial charge in [-0.25, -0.2) is 13.2 Å². The van der Waals surface area contributed by atoms with Crippen molar-refractivity contribution in [3.05, 3.63) is 59.7 Å². The molecule has 3 rings (SSSR count). The van der Waals surface area contributed by atoms with Gasteiger partial charge in [0.25, 0.3) is 5.91 Å². The summed E-state index contributed by atoms with van der Waals surface area (Å²) in [5, 5.41) is 9.34. The summed E-state index contributed by atoms with van der Waals surface area (Å²) in [4.78, 5) is 25.7. The molecule has 30 heavy (non-hydrogen) atoms. The monoisotopic (exact) mass is 430 g/mol. The number of piperidine rings is 1. The van der Waals surface area contributed by atoms with E-state index in [4.69, 9.17) is 0 Å². The highest BCUT2D eigenvalue weighted by Gasteiger charge is 2.31. The molecule has 0 saturated carbocycles. The van der Waals surface area contributed by atoms with Crippen LogP contribution in [0.1, 0.15) is 41.0 Å². The summed E-state index contributed by atoms with van der Waals surface area (Å²) in [6.45, 7) is 5.07. The second-order valence-corrected chi connectivity index (χ2v) is 9.92. The Labute approximate surface area is 177 Å². The van der Waals surface area contributed by atoms with Crippen LogP contribution in [0.15, 0.2) is 53.4 Å². The zero-order chi connectivity index (χ0) is 22.1. The fraction of sp³-hybridized carbons (Fsp3) is 0.364. The van der Waals surface area contributed by atoms with Crippen LogP contribution in [0.4, 0.5) is 5.69 Å². The number of sulfonamides is 1. The van der Waals surface area contributed by atoms with Crippen molar-refractivity contribution in [1.29, 1.82) is 0 Å². The van der Waals surface area contributed by atoms with Gasteiger partial charge < -0.3 is 10.0 Å². The lowest BCUT2D eigenvalue weighted by Gasteiger charge is -2.34. The Bertz CT molecular complexity index is 1040. The topological polar surface area (TPSA) is 95.0 Å². The second kappa shape index (κ2) is 8.57. The van der Waals surface area contributed by atoms with Crippen LogP contribution in [-0.4, -0.2) is 49.8 Å². The van der Waals surface area contributed by atoms with Crippen LogP contribution in [0.25, 0.3) is 0 Å². The predicted octanol–water partition coefficient (Wildman–Crippen LogP) is 3.33. The lowest BCUT2D eigenvalue weighted by Crippen LogP contribution is -2.42. The summed E-state index contributed by atoms with van der Waals surface area (Å²) in [5.74, 6) is -0.954. The van der Waals surface area contributed by atoms with Crippen molar-refractivity contribution in [2.45, 2.75) is 25.2 Å². The number of nitrogens with zero attached hydrogens (tertiary/aromatic N) is 2. The molecule has 1 amide bonds. The lowest BCUT2D eigenvalue weighted by molar-refractivity contribution is 0.0697. The Hall–Kier alpha value is -2.71. The van der Waals surface area contributed by atoms with Gasteiger partial charge in [0.05, 0.1) is 16.1 Å². The van der Waals surface area contributed by atoms with E-state index < -0.39 is 21.9 Å². The summed E-state index contributed by atoms with van der Waals surface area (Å²) >= 11 is 0. The first-order chi connectivity index (χ1) is 14.1. The normalized spacial score (nSPS) is 20.0. The fourth-order valence-corrected chi connectivity index (χ4v) is 5.65. The molecule has 2 aromatic carbocycles. The number of para-hydroxylation sites is 1. The van der Waals surface area contributed by atoms with E-state index in [2.05, 4.69) is 0 Å². The maximum atomic E-state index is 13.0. The quantitative estimate of drug-likeness (QED) is 0.785. The average molecular weight is 431 g/mol. The van der Waals surface area contributed by atoms with Gasteiger partial charge in [-0.05, 0) is 54.7 Å². The third-order valence-electron chi connectivity index (χ3n) is 5.37. The lowest BCUT2D eigenvalue weighted by atomic mass is 9.94. The van der Waals surface area contributed by atoms with Crippen molar-refractivity contribution >= 4 is 27.6 Å². The summed E-state index contributed by atoms with van der Waals surface area (Å²) < 4.78 is 27.5. The van der Waals surface area contributed by atoms with Crippen LogP contribution in [0, 0.1) is 11.8 Å². The first-order valence-electron chi connectivity index (χ1n) is 9.82. The van der Waals surface area contributed by atoms with Crippen LogP contribution < -0.4 is 4.90 Å². The zero-order valence-electron chi connectivity index (χ0n) is 17.3. The van der Waals surface area contributed by atoms with Gasteiger partial charge in [-0.2, -0.15) is 4.31 Å². The third-order valence-corrected chi connectivity index (χ3v) is 7.22. The number of benzene rings is 2. The molecule has 0 aromatic heterocycles. The number of carboxylic acid groups (broad SMARTS) is 1. The smallest absolute Gasteiger partial charge is 0.337 e. The maximum Gasteiger partial charge on any atom is 0.337 e. The van der Waals surface area contributed by atoms with Gasteiger partial charge in [0.1, 0.15) is 0 Å². The van der Waals surface area contributed by atoms with Crippen molar-refractivity contribution in [2.24, 2.45) is 11.8 Å². The highest BCUT2D eigenvalue weighted by molar-refractivity contribution is 7.89. The number of carbonyl (C=O) groups is 2. The van der Waals surface area contributed by atoms with E-state index >= 15 is 0 Å². The molecule has 1 fully saturated rings. The van der Waals surface area contributed by atoms with Crippen LogP contribution in [0.5, 0.6) is 0 Å². The van der Waals surface area contributed by atoms with Crippen molar-refractivity contribution in [3.63, 3.8) is 0 Å². The van der Waals surface area contributed by atoms with E-state index in [-0.39, 0.29) is 21.7 Å². The van der Waals surface area contributed by atoms with E-state index in [1.807, 2.05) is 13.8 Å². The van der Waals surface area contributed by atoms with Gasteiger partial charge in [0.2, 0.25) is 10.0 Å². The summed E-state index contributed by atoms with van der Waals surface area (Å²) in [5.41, 5.74) is 0.556. The molecule has 2 aromatic rings. The molecule has 7 nitrogen and oxygen atoms in total. The molecule has 0 spiro atoms. The van der Waals surface area contributed by atoms with Gasteiger partial charge in [-0.15, -0.1) is 0 Å². The zero-order valence-corrected chi connectivity index (χ0v) is 18.1. The summed E-state index contributed by atoms with van der Waals surface area (Å²) in [7, 11) is -2.14. The van der Waals surface area contributed by atoms with Crippen LogP contribution >= 0.6 is 0 Å². The Morgan fingerprint density at radius 2 is 1.57 bits per heavy atom. The van der Waals surface area contributed by atoms with E-state index in [0.717, 1.165) is 6.42 Å². The van der Waals surface area contributed by atoms with E-state index in [1.54, 1.807) is 18.2 Å². The van der Waals surface area contributed by atoms with Gasteiger partial charge in [-0.3, -0.25) is 4.79 Å². The standard InChI is InChI=1S/C22H26N2O5S/c1-15-12-16(2)14-24(13-15)30(28,29)18-10-8-17(9-11-18)21(25)23(3)20-7-5-4-6-19(20)22(26)27/h4-11,15-16H,12-14H2,1-3H3,(H,26,27). The molecule has 1 N–H and O–H groups in total. The summed E-state index contributed by atoms with van der Waals surface area (Å²) in [6, 6.07) is 12.0. The first kappa shape index (κ1) is 22.0. The van der Waals surface area contributed by atoms with Crippen molar-refractivity contribution in [3.8, 4) is 0 Å². The number of anilines is 1. The molecule has 0 bridgehead atoms. The number of aromatic carboxylic acids is 1. The number of hydrogen-bond donors (Lipinski definition) is 1. The minimum atomic E-state index is -3.63. The molecular formula is C22H26N2O5S. The minimum absolute atomic E-state index is 0.0147. The Morgan fingerprint density at radius 3 is 2.13 bits per heavy atom. The molecule has 0 aliphatic carbocycles. The van der Waals surface area contributed by atoms with E-state index in [9.17, 15) is 23.1 Å². The molecule has 0 radical (unpaired) electrons. The molecule has 1 heterocycles. The van der Waals surface area contributed by atoms with Crippen LogP contribution in [-0.2, 0) is 10.0 Å². The SMILES string of the molecule is CC1CC(C)CN(S(=O)(=O)c2ccc(C(=O)N(C)c3ccccc3C(=O)O)cc2)C1. The molecule has 1 aliphatic rings. The van der Waals surface area contributed by atoms with Crippen molar-refractivity contribution in [1.82, 2.24) is 4.31 Å². The second-order valence-electron chi connectivity index (χ2n) is 7.98. The number of hydrogen-bond acceptors (Lipinski definition) is 4. The van der Waals surface area contributed by atoms with Gasteiger partial charge in [0.15, 0.2) is 0 Å². The Kier molecular flexibility index (Phi) is 6.28. The maximum absolute atomic E-state index is 13.0. The van der Waals surface area contributed by atoms with Gasteiger partial charge in [-0.1, -0.05) is 26.0 Å². The average Bonchev–Trinajstić information content (AvgIpc) is 2.72. The van der Waals surface area contributed by atoms with Crippen LogP contribution in [0.2, 0.25) is 0 Å².